The molecule has 1 aliphatic rings. The molecule has 31 heavy (non-hydrogen) atoms. The van der Waals surface area contributed by atoms with Gasteiger partial charge in [-0.1, -0.05) is 30.3 Å². The van der Waals surface area contributed by atoms with Crippen molar-refractivity contribution in [3.8, 4) is 17.2 Å². The Labute approximate surface area is 185 Å². The summed E-state index contributed by atoms with van der Waals surface area (Å²) in [6.07, 6.45) is 1.09. The number of ether oxygens (including phenoxy) is 4. The lowest BCUT2D eigenvalue weighted by molar-refractivity contribution is 0.0906. The number of benzene rings is 2. The Hall–Kier alpha value is -2.93. The van der Waals surface area contributed by atoms with E-state index < -0.39 is 0 Å². The molecule has 1 aliphatic heterocycles. The average molecular weight is 428 g/mol. The Morgan fingerprint density at radius 1 is 1.03 bits per heavy atom. The van der Waals surface area contributed by atoms with E-state index in [0.29, 0.717) is 30.6 Å². The number of nitrogens with zero attached hydrogens (tertiary/aromatic N) is 2. The Balaban J connectivity index is 1.52. The fourth-order valence-electron chi connectivity index (χ4n) is 3.82. The number of methoxy groups -OCH3 is 3. The van der Waals surface area contributed by atoms with Gasteiger partial charge in [-0.05, 0) is 18.1 Å². The van der Waals surface area contributed by atoms with Gasteiger partial charge in [0.2, 0.25) is 0 Å². The number of hydrogen-bond acceptors (Lipinski definition) is 5. The maximum Gasteiger partial charge on any atom is 0.193 e. The van der Waals surface area contributed by atoms with Crippen LogP contribution in [0.5, 0.6) is 17.2 Å². The molecule has 7 heteroatoms. The lowest BCUT2D eigenvalue weighted by Crippen LogP contribution is -2.39. The molecule has 2 aromatic rings. The minimum absolute atomic E-state index is 0.498. The third-order valence-electron chi connectivity index (χ3n) is 5.49. The van der Waals surface area contributed by atoms with Gasteiger partial charge in [0.05, 0.1) is 34.5 Å². The quantitative estimate of drug-likeness (QED) is 0.489. The standard InChI is InChI=1S/C24H33N3O4/c1-25-24(26-14-20-12-22(29-3)23(30-4)13-21(20)28-2)27-11-10-19(15-27)17-31-16-18-8-6-5-7-9-18/h5-9,12-13,19H,10-11,14-17H2,1-4H3,(H,25,26). The van der Waals surface area contributed by atoms with Crippen LogP contribution in [0.15, 0.2) is 47.5 Å². The molecule has 0 radical (unpaired) electrons. The maximum absolute atomic E-state index is 5.94. The molecule has 7 nitrogen and oxygen atoms in total. The third kappa shape index (κ3) is 6.04. The molecule has 0 saturated carbocycles. The van der Waals surface area contributed by atoms with Gasteiger partial charge in [-0.3, -0.25) is 4.99 Å². The second-order valence-electron chi connectivity index (χ2n) is 7.52. The highest BCUT2D eigenvalue weighted by Gasteiger charge is 2.25. The van der Waals surface area contributed by atoms with Crippen LogP contribution in [0.3, 0.4) is 0 Å². The van der Waals surface area contributed by atoms with Crippen LogP contribution in [0, 0.1) is 5.92 Å². The van der Waals surface area contributed by atoms with Crippen molar-refractivity contribution in [3.63, 3.8) is 0 Å². The molecule has 1 fully saturated rings. The predicted molar refractivity (Wildman–Crippen MR) is 122 cm³/mol. The second kappa shape index (κ2) is 11.5. The second-order valence-corrected chi connectivity index (χ2v) is 7.52. The molecule has 0 spiro atoms. The molecule has 1 saturated heterocycles. The lowest BCUT2D eigenvalue weighted by Gasteiger charge is -2.22. The van der Waals surface area contributed by atoms with Gasteiger partial charge in [-0.2, -0.15) is 0 Å². The normalized spacial score (nSPS) is 16.3. The summed E-state index contributed by atoms with van der Waals surface area (Å²) in [5.74, 6) is 3.44. The summed E-state index contributed by atoms with van der Waals surface area (Å²) >= 11 is 0. The summed E-state index contributed by atoms with van der Waals surface area (Å²) in [6.45, 7) is 3.87. The van der Waals surface area contributed by atoms with Crippen molar-refractivity contribution >= 4 is 5.96 Å². The van der Waals surface area contributed by atoms with Crippen molar-refractivity contribution in [2.45, 2.75) is 19.6 Å². The first-order valence-electron chi connectivity index (χ1n) is 10.5. The van der Waals surface area contributed by atoms with Crippen molar-refractivity contribution in [2.24, 2.45) is 10.9 Å². The van der Waals surface area contributed by atoms with Gasteiger partial charge in [0.1, 0.15) is 5.75 Å². The highest BCUT2D eigenvalue weighted by molar-refractivity contribution is 5.80. The first-order valence-corrected chi connectivity index (χ1v) is 10.5. The zero-order valence-electron chi connectivity index (χ0n) is 18.9. The summed E-state index contributed by atoms with van der Waals surface area (Å²) in [4.78, 5) is 6.75. The molecule has 1 N–H and O–H groups in total. The number of nitrogens with one attached hydrogen (secondary N) is 1. The summed E-state index contributed by atoms with van der Waals surface area (Å²) in [6, 6.07) is 14.1. The van der Waals surface area contributed by atoms with E-state index in [-0.39, 0.29) is 0 Å². The molecule has 3 rings (SSSR count). The van der Waals surface area contributed by atoms with Crippen molar-refractivity contribution < 1.29 is 18.9 Å². The summed E-state index contributed by atoms with van der Waals surface area (Å²) < 4.78 is 22.3. The van der Waals surface area contributed by atoms with Crippen molar-refractivity contribution in [1.29, 1.82) is 0 Å². The topological polar surface area (TPSA) is 64.6 Å². The highest BCUT2D eigenvalue weighted by atomic mass is 16.5. The zero-order chi connectivity index (χ0) is 22.1. The average Bonchev–Trinajstić information content (AvgIpc) is 3.28. The fourth-order valence-corrected chi connectivity index (χ4v) is 3.82. The first kappa shape index (κ1) is 22.7. The smallest absolute Gasteiger partial charge is 0.193 e. The van der Waals surface area contributed by atoms with E-state index in [1.165, 1.54) is 5.56 Å². The van der Waals surface area contributed by atoms with E-state index >= 15 is 0 Å². The van der Waals surface area contributed by atoms with Gasteiger partial charge in [0.15, 0.2) is 17.5 Å². The largest absolute Gasteiger partial charge is 0.496 e. The van der Waals surface area contributed by atoms with E-state index in [9.17, 15) is 0 Å². The van der Waals surface area contributed by atoms with Gasteiger partial charge in [-0.25, -0.2) is 0 Å². The maximum atomic E-state index is 5.94. The molecular formula is C24H33N3O4. The monoisotopic (exact) mass is 427 g/mol. The van der Waals surface area contributed by atoms with Gasteiger partial charge >= 0.3 is 0 Å². The molecule has 1 heterocycles. The number of likely N-dealkylation sites (tertiary alicyclic amines) is 1. The first-order chi connectivity index (χ1) is 15.2. The van der Waals surface area contributed by atoms with Crippen LogP contribution in [0.2, 0.25) is 0 Å². The van der Waals surface area contributed by atoms with Crippen LogP contribution in [0.4, 0.5) is 0 Å². The van der Waals surface area contributed by atoms with Crippen LogP contribution >= 0.6 is 0 Å². The molecule has 0 aromatic heterocycles. The molecule has 1 unspecified atom stereocenters. The van der Waals surface area contributed by atoms with Crippen LogP contribution < -0.4 is 19.5 Å². The highest BCUT2D eigenvalue weighted by Crippen LogP contribution is 2.34. The predicted octanol–water partition coefficient (Wildman–Crippen LogP) is 3.33. The molecule has 0 amide bonds. The summed E-state index contributed by atoms with van der Waals surface area (Å²) in [5.41, 5.74) is 2.18. The van der Waals surface area contributed by atoms with Crippen LogP contribution in [0.1, 0.15) is 17.5 Å². The van der Waals surface area contributed by atoms with Gasteiger partial charge in [0, 0.05) is 44.2 Å². The van der Waals surface area contributed by atoms with Gasteiger partial charge in [-0.15, -0.1) is 0 Å². The SMILES string of the molecule is CN=C(NCc1cc(OC)c(OC)cc1OC)N1CCC(COCc2ccccc2)C1. The van der Waals surface area contributed by atoms with Crippen molar-refractivity contribution in [2.75, 3.05) is 48.1 Å². The van der Waals surface area contributed by atoms with E-state index in [1.54, 1.807) is 21.3 Å². The number of rotatable bonds is 9. The minimum atomic E-state index is 0.498. The Bertz CT molecular complexity index is 857. The minimum Gasteiger partial charge on any atom is -0.496 e. The Morgan fingerprint density at radius 3 is 2.42 bits per heavy atom. The van der Waals surface area contributed by atoms with Crippen LogP contribution in [0.25, 0.3) is 0 Å². The Kier molecular flexibility index (Phi) is 8.41. The summed E-state index contributed by atoms with van der Waals surface area (Å²) in [5, 5.41) is 3.45. The van der Waals surface area contributed by atoms with E-state index in [1.807, 2.05) is 37.4 Å². The lowest BCUT2D eigenvalue weighted by atomic mass is 10.1. The van der Waals surface area contributed by atoms with Crippen LogP contribution in [-0.2, 0) is 17.9 Å². The van der Waals surface area contributed by atoms with Gasteiger partial charge < -0.3 is 29.2 Å². The molecule has 0 bridgehead atoms. The number of hydrogen-bond donors (Lipinski definition) is 1. The van der Waals surface area contributed by atoms with Gasteiger partial charge in [0.25, 0.3) is 0 Å². The molecule has 1 atom stereocenters. The fraction of sp³-hybridized carbons (Fsp3) is 0.458. The van der Waals surface area contributed by atoms with E-state index in [2.05, 4.69) is 27.3 Å². The molecule has 0 aliphatic carbocycles. The van der Waals surface area contributed by atoms with E-state index in [0.717, 1.165) is 43.4 Å². The number of guanidine groups is 1. The van der Waals surface area contributed by atoms with Crippen molar-refractivity contribution in [3.05, 3.63) is 53.6 Å². The molecule has 168 valence electrons. The molecule has 2 aromatic carbocycles. The van der Waals surface area contributed by atoms with E-state index in [4.69, 9.17) is 18.9 Å². The van der Waals surface area contributed by atoms with Crippen LogP contribution in [-0.4, -0.2) is 58.9 Å². The van der Waals surface area contributed by atoms with Crippen molar-refractivity contribution in [1.82, 2.24) is 10.2 Å². The molecular weight excluding hydrogens is 394 g/mol. The Morgan fingerprint density at radius 2 is 1.74 bits per heavy atom. The third-order valence-corrected chi connectivity index (χ3v) is 5.49. The summed E-state index contributed by atoms with van der Waals surface area (Å²) in [7, 11) is 6.71. The zero-order valence-corrected chi connectivity index (χ0v) is 18.9. The number of aliphatic imine (C=N–C) groups is 1.